The van der Waals surface area contributed by atoms with Gasteiger partial charge in [0.25, 0.3) is 0 Å². The summed E-state index contributed by atoms with van der Waals surface area (Å²) < 4.78 is 10.5. The van der Waals surface area contributed by atoms with Gasteiger partial charge >= 0.3 is 5.97 Å². The summed E-state index contributed by atoms with van der Waals surface area (Å²) in [6.45, 7) is 7.86. The first-order valence-electron chi connectivity index (χ1n) is 6.65. The van der Waals surface area contributed by atoms with Gasteiger partial charge in [0.05, 0.1) is 12.7 Å². The second kappa shape index (κ2) is 7.67. The quantitative estimate of drug-likeness (QED) is 0.570. The summed E-state index contributed by atoms with van der Waals surface area (Å²) in [5.74, 6) is 0.524. The van der Waals surface area contributed by atoms with Crippen LogP contribution in [0.5, 0.6) is 0 Å². The lowest BCUT2D eigenvalue weighted by atomic mass is 9.90. The van der Waals surface area contributed by atoms with Crippen LogP contribution in [0, 0.1) is 5.92 Å². The fraction of sp³-hybridized carbons (Fsp3) is 0.923. The van der Waals surface area contributed by atoms with Crippen LogP contribution in [-0.4, -0.2) is 37.9 Å². The number of hydrogen-bond acceptors (Lipinski definition) is 4. The third-order valence-electron chi connectivity index (χ3n) is 3.15. The number of piperidine rings is 1. The van der Waals surface area contributed by atoms with E-state index in [0.717, 1.165) is 25.8 Å². The Morgan fingerprint density at radius 2 is 2.18 bits per heavy atom. The van der Waals surface area contributed by atoms with Crippen LogP contribution < -0.4 is 5.32 Å². The third kappa shape index (κ3) is 5.50. The van der Waals surface area contributed by atoms with Crippen molar-refractivity contribution in [3.05, 3.63) is 0 Å². The van der Waals surface area contributed by atoms with Gasteiger partial charge in [-0.1, -0.05) is 13.3 Å². The molecular formula is C13H25NO3. The fourth-order valence-corrected chi connectivity index (χ4v) is 2.07. The number of esters is 1. The van der Waals surface area contributed by atoms with Gasteiger partial charge in [-0.25, -0.2) is 0 Å². The Morgan fingerprint density at radius 1 is 1.41 bits per heavy atom. The maximum atomic E-state index is 11.8. The number of carbonyl (C=O) groups excluding carboxylic acids is 1. The molecule has 0 aliphatic carbocycles. The Morgan fingerprint density at radius 3 is 2.82 bits per heavy atom. The van der Waals surface area contributed by atoms with Crippen molar-refractivity contribution in [1.82, 2.24) is 5.32 Å². The zero-order valence-electron chi connectivity index (χ0n) is 11.2. The first kappa shape index (κ1) is 14.5. The molecular weight excluding hydrogens is 218 g/mol. The van der Waals surface area contributed by atoms with Gasteiger partial charge < -0.3 is 14.8 Å². The molecule has 1 heterocycles. The Balaban J connectivity index is 2.18. The monoisotopic (exact) mass is 243 g/mol. The normalized spacial score (nSPS) is 24.9. The van der Waals surface area contributed by atoms with Gasteiger partial charge in [-0.2, -0.15) is 0 Å². The molecule has 0 spiro atoms. The van der Waals surface area contributed by atoms with Crippen molar-refractivity contribution in [3.63, 3.8) is 0 Å². The van der Waals surface area contributed by atoms with Crippen LogP contribution in [0.15, 0.2) is 0 Å². The summed E-state index contributed by atoms with van der Waals surface area (Å²) in [5, 5.41) is 3.22. The van der Waals surface area contributed by atoms with Crippen molar-refractivity contribution in [2.24, 2.45) is 5.92 Å². The minimum atomic E-state index is -0.129. The van der Waals surface area contributed by atoms with E-state index in [1.54, 1.807) is 0 Å². The Bertz CT molecular complexity index is 231. The number of nitrogens with one attached hydrogen (secondary N) is 1. The number of carbonyl (C=O) groups is 1. The molecule has 0 saturated carbocycles. The highest BCUT2D eigenvalue weighted by Gasteiger charge is 2.26. The van der Waals surface area contributed by atoms with Crippen molar-refractivity contribution in [3.8, 4) is 0 Å². The molecule has 4 nitrogen and oxygen atoms in total. The van der Waals surface area contributed by atoms with E-state index in [1.165, 1.54) is 0 Å². The van der Waals surface area contributed by atoms with E-state index >= 15 is 0 Å². The van der Waals surface area contributed by atoms with Gasteiger partial charge in [0.1, 0.15) is 12.6 Å². The Kier molecular flexibility index (Phi) is 6.52. The highest BCUT2D eigenvalue weighted by molar-refractivity contribution is 5.75. The molecule has 0 aromatic heterocycles. The lowest BCUT2D eigenvalue weighted by molar-refractivity contribution is -0.149. The summed E-state index contributed by atoms with van der Waals surface area (Å²) >= 11 is 0. The van der Waals surface area contributed by atoms with Crippen LogP contribution in [0.3, 0.4) is 0 Å². The van der Waals surface area contributed by atoms with E-state index in [0.29, 0.717) is 19.1 Å². The molecule has 2 atom stereocenters. The highest BCUT2D eigenvalue weighted by Crippen LogP contribution is 2.19. The van der Waals surface area contributed by atoms with Crippen LogP contribution in [0.25, 0.3) is 0 Å². The average molecular weight is 243 g/mol. The lowest BCUT2D eigenvalue weighted by Crippen LogP contribution is -2.44. The molecule has 1 aliphatic rings. The Hall–Kier alpha value is -0.610. The minimum Gasteiger partial charge on any atom is -0.462 e. The molecule has 0 aromatic carbocycles. The molecule has 0 aromatic rings. The van der Waals surface area contributed by atoms with Crippen molar-refractivity contribution < 1.29 is 14.3 Å². The van der Waals surface area contributed by atoms with E-state index < -0.39 is 0 Å². The zero-order valence-corrected chi connectivity index (χ0v) is 11.2. The molecule has 1 rings (SSSR count). The molecule has 1 N–H and O–H groups in total. The molecule has 0 amide bonds. The van der Waals surface area contributed by atoms with Crippen LogP contribution in [0.1, 0.15) is 40.0 Å². The van der Waals surface area contributed by atoms with Gasteiger partial charge in [-0.15, -0.1) is 0 Å². The summed E-state index contributed by atoms with van der Waals surface area (Å²) in [6.07, 6.45) is 3.39. The molecule has 100 valence electrons. The van der Waals surface area contributed by atoms with Gasteiger partial charge in [0.2, 0.25) is 0 Å². The van der Waals surface area contributed by atoms with E-state index in [4.69, 9.17) is 9.47 Å². The molecule has 1 fully saturated rings. The summed E-state index contributed by atoms with van der Waals surface area (Å²) in [4.78, 5) is 11.8. The van der Waals surface area contributed by atoms with Crippen LogP contribution in [-0.2, 0) is 14.3 Å². The number of ether oxygens (including phenoxy) is 2. The Labute approximate surface area is 104 Å². The van der Waals surface area contributed by atoms with E-state index in [9.17, 15) is 4.79 Å². The van der Waals surface area contributed by atoms with Gasteiger partial charge in [-0.3, -0.25) is 4.79 Å². The van der Waals surface area contributed by atoms with Crippen molar-refractivity contribution >= 4 is 5.97 Å². The maximum Gasteiger partial charge on any atom is 0.323 e. The van der Waals surface area contributed by atoms with Crippen LogP contribution in [0.4, 0.5) is 0 Å². The van der Waals surface area contributed by atoms with Gasteiger partial charge in [0, 0.05) is 0 Å². The second-order valence-electron chi connectivity index (χ2n) is 4.89. The van der Waals surface area contributed by atoms with E-state index in [1.807, 2.05) is 13.8 Å². The van der Waals surface area contributed by atoms with E-state index in [2.05, 4.69) is 12.2 Å². The lowest BCUT2D eigenvalue weighted by Gasteiger charge is -2.28. The maximum absolute atomic E-state index is 11.8. The zero-order chi connectivity index (χ0) is 12.7. The molecule has 2 unspecified atom stereocenters. The molecule has 17 heavy (non-hydrogen) atoms. The number of rotatable bonds is 6. The highest BCUT2D eigenvalue weighted by atomic mass is 16.6. The standard InChI is InChI=1S/C13H25NO3/c1-4-11-5-6-14-12(9-11)13(15)17-8-7-16-10(2)3/h10-12,14H,4-9H2,1-3H3. The van der Waals surface area contributed by atoms with Gasteiger partial charge in [-0.05, 0) is 39.2 Å². The SMILES string of the molecule is CCC1CCNC(C(=O)OCCOC(C)C)C1. The minimum absolute atomic E-state index is 0.118. The predicted octanol–water partition coefficient (Wildman–Crippen LogP) is 1.73. The van der Waals surface area contributed by atoms with E-state index in [-0.39, 0.29) is 18.1 Å². The molecule has 4 heteroatoms. The molecule has 1 aliphatic heterocycles. The average Bonchev–Trinajstić information content (AvgIpc) is 2.34. The summed E-state index contributed by atoms with van der Waals surface area (Å²) in [5.41, 5.74) is 0. The first-order valence-corrected chi connectivity index (χ1v) is 6.65. The van der Waals surface area contributed by atoms with Crippen molar-refractivity contribution in [1.29, 1.82) is 0 Å². The topological polar surface area (TPSA) is 47.6 Å². The summed E-state index contributed by atoms with van der Waals surface area (Å²) in [6, 6.07) is -0.118. The van der Waals surface area contributed by atoms with Gasteiger partial charge in [0.15, 0.2) is 0 Å². The third-order valence-corrected chi connectivity index (χ3v) is 3.15. The molecule has 1 saturated heterocycles. The second-order valence-corrected chi connectivity index (χ2v) is 4.89. The number of hydrogen-bond donors (Lipinski definition) is 1. The summed E-state index contributed by atoms with van der Waals surface area (Å²) in [7, 11) is 0. The van der Waals surface area contributed by atoms with Crippen molar-refractivity contribution in [2.75, 3.05) is 19.8 Å². The van der Waals surface area contributed by atoms with Crippen LogP contribution >= 0.6 is 0 Å². The predicted molar refractivity (Wildman–Crippen MR) is 66.9 cm³/mol. The van der Waals surface area contributed by atoms with Crippen molar-refractivity contribution in [2.45, 2.75) is 52.2 Å². The largest absolute Gasteiger partial charge is 0.462 e. The molecule has 0 radical (unpaired) electrons. The van der Waals surface area contributed by atoms with Crippen LogP contribution in [0.2, 0.25) is 0 Å². The first-order chi connectivity index (χ1) is 8.13. The smallest absolute Gasteiger partial charge is 0.323 e. The molecule has 0 bridgehead atoms. The fourth-order valence-electron chi connectivity index (χ4n) is 2.07.